The number of carbonyl (C=O) groups is 1. The summed E-state index contributed by atoms with van der Waals surface area (Å²) < 4.78 is 51.0. The second-order valence-electron chi connectivity index (χ2n) is 6.12. The molecule has 0 aromatic carbocycles. The number of nitrogens with zero attached hydrogens (tertiary/aromatic N) is 2. The molecule has 2 rings (SSSR count). The number of aliphatic hydroxyl groups excluding tert-OH is 2. The fourth-order valence-electron chi connectivity index (χ4n) is 2.42. The van der Waals surface area contributed by atoms with Gasteiger partial charge in [-0.2, -0.15) is 13.6 Å². The summed E-state index contributed by atoms with van der Waals surface area (Å²) in [6, 6.07) is 1.19. The van der Waals surface area contributed by atoms with Crippen molar-refractivity contribution < 1.29 is 66.2 Å². The summed E-state index contributed by atoms with van der Waals surface area (Å²) in [5.41, 5.74) is -0.999. The van der Waals surface area contributed by atoms with Crippen molar-refractivity contribution in [1.29, 1.82) is 0 Å². The Morgan fingerprint density at radius 2 is 1.61 bits per heavy atom. The molecule has 1 aliphatic rings. The molecule has 1 saturated heterocycles. The molecule has 186 valence electrons. The third-order valence-corrected chi connectivity index (χ3v) is 7.37. The maximum Gasteiger partial charge on any atom is 0.490 e. The first-order valence-electron chi connectivity index (χ1n) is 8.16. The molecule has 1 aromatic heterocycles. The number of hydrogen-bond acceptors (Lipinski definition) is 12. The molecule has 18 nitrogen and oxygen atoms in total. The van der Waals surface area contributed by atoms with E-state index in [-0.39, 0.29) is 124 Å². The van der Waals surface area contributed by atoms with Crippen molar-refractivity contribution in [2.45, 2.75) is 31.5 Å². The predicted molar refractivity (Wildman–Crippen MR) is 122 cm³/mol. The van der Waals surface area contributed by atoms with Gasteiger partial charge in [0, 0.05) is 131 Å². The van der Waals surface area contributed by atoms with Gasteiger partial charge >= 0.3 is 29.2 Å². The van der Waals surface area contributed by atoms with Crippen LogP contribution in [0.2, 0.25) is 0 Å². The van der Waals surface area contributed by atoms with Crippen LogP contribution in [-0.4, -0.2) is 188 Å². The van der Waals surface area contributed by atoms with Crippen LogP contribution in [0.4, 0.5) is 5.82 Å². The van der Waals surface area contributed by atoms with Crippen LogP contribution in [0.5, 0.6) is 0 Å². The molecule has 0 bridgehead atoms. The van der Waals surface area contributed by atoms with Gasteiger partial charge in [0.15, 0.2) is 6.23 Å². The monoisotopic (exact) mass is 617 g/mol. The number of amides is 1. The summed E-state index contributed by atoms with van der Waals surface area (Å²) in [5, 5.41) is 22.4. The molecule has 25 heteroatoms. The van der Waals surface area contributed by atoms with E-state index >= 15 is 0 Å². The van der Waals surface area contributed by atoms with E-state index in [1.54, 1.807) is 0 Å². The molecular weight excluding hydrogens is 599 g/mol. The molecule has 0 saturated carbocycles. The second-order valence-corrected chi connectivity index (χ2v) is 10.5. The number of aliphatic hydroxyl groups is 2. The van der Waals surface area contributed by atoms with E-state index in [1.807, 2.05) is 0 Å². The Morgan fingerprint density at radius 3 is 2.08 bits per heavy atom. The van der Waals surface area contributed by atoms with Crippen LogP contribution < -0.4 is 11.0 Å². The maximum absolute atomic E-state index is 12.1. The molecule has 6 atom stereocenters. The zero-order valence-corrected chi connectivity index (χ0v) is 30.4. The summed E-state index contributed by atoms with van der Waals surface area (Å²) in [7, 11) is -16.8. The van der Waals surface area contributed by atoms with Crippen molar-refractivity contribution in [3.63, 3.8) is 0 Å². The van der Waals surface area contributed by atoms with Gasteiger partial charge in [-0.25, -0.2) is 18.5 Å². The number of carbonyl (C=O) groups excluding carboxylic acids is 1. The Kier molecular flexibility index (Phi) is 21.0. The number of rotatable bonds is 9. The fourth-order valence-corrected chi connectivity index (χ4v) is 5.45. The number of phosphoric ester groups is 1. The zero-order valence-electron chi connectivity index (χ0n) is 19.8. The molecular formula is C11H18N3Na4O15P3. The van der Waals surface area contributed by atoms with Gasteiger partial charge in [0.1, 0.15) is 24.1 Å². The normalized spacial score (nSPS) is 24.4. The first-order valence-corrected chi connectivity index (χ1v) is 12.7. The van der Waals surface area contributed by atoms with Gasteiger partial charge < -0.3 is 39.8 Å². The summed E-state index contributed by atoms with van der Waals surface area (Å²) in [5.74, 6) is -0.607. The van der Waals surface area contributed by atoms with Crippen LogP contribution in [0.15, 0.2) is 17.1 Å². The molecule has 1 aliphatic heterocycles. The molecule has 1 aromatic rings. The Bertz CT molecular complexity index is 1070. The van der Waals surface area contributed by atoms with E-state index in [9.17, 15) is 38.4 Å². The third kappa shape index (κ3) is 14.0. The summed E-state index contributed by atoms with van der Waals surface area (Å²) in [6.45, 7) is 0.125. The third-order valence-electron chi connectivity index (χ3n) is 3.56. The molecule has 7 N–H and O–H groups in total. The van der Waals surface area contributed by atoms with Crippen LogP contribution in [-0.2, 0) is 36.4 Å². The average molecular weight is 617 g/mol. The standard InChI is InChI=1S/C11H18N3O15P3.4Na/c1-5(15)12-7-2-3-14(11(18)13-7)10-9(17)8(16)6(27-10)4-26-31(22,23)29-32(24,25)28-30(19,20)21;;;;/h2-3,6,8-10,16-17H,4H2,1H3,(H,22,23)(H,24,25)(H2,19,20,21)(H,12,13,15,18);;;;/t6-,8-,9-,10-;;;;/m1..../s1. The number of aromatic nitrogens is 2. The second kappa shape index (κ2) is 17.6. The SMILES string of the molecule is CC(=O)Nc1ccn([C@@H]2O[C@H](COP(=O)(O)OP(=O)(O)OP(=O)(O)O)[C@@H](O)[C@H]2O)c(=O)n1.[Na].[Na].[Na].[Na]. The molecule has 0 aliphatic carbocycles. The quantitative estimate of drug-likeness (QED) is 0.105. The molecule has 1 fully saturated rings. The minimum Gasteiger partial charge on any atom is -0.387 e. The molecule has 1 amide bonds. The Hall–Kier alpha value is 2.64. The van der Waals surface area contributed by atoms with E-state index in [0.717, 1.165) is 10.8 Å². The van der Waals surface area contributed by atoms with E-state index in [0.29, 0.717) is 0 Å². The van der Waals surface area contributed by atoms with Crippen molar-refractivity contribution in [3.05, 3.63) is 22.7 Å². The minimum atomic E-state index is -5.74. The van der Waals surface area contributed by atoms with Gasteiger partial charge in [-0.05, 0) is 6.07 Å². The van der Waals surface area contributed by atoms with Crippen molar-refractivity contribution in [1.82, 2.24) is 9.55 Å². The zero-order chi connectivity index (χ0) is 24.5. The Balaban J connectivity index is -0.00000272. The van der Waals surface area contributed by atoms with Crippen LogP contribution in [0.1, 0.15) is 13.2 Å². The number of hydrogen-bond donors (Lipinski definition) is 7. The van der Waals surface area contributed by atoms with Crippen molar-refractivity contribution in [3.8, 4) is 0 Å². The minimum absolute atomic E-state index is 0. The maximum atomic E-state index is 12.1. The number of anilines is 1. The van der Waals surface area contributed by atoms with E-state index in [4.69, 9.17) is 19.4 Å². The largest absolute Gasteiger partial charge is 0.490 e. The van der Waals surface area contributed by atoms with Gasteiger partial charge in [-0.3, -0.25) is 13.9 Å². The Morgan fingerprint density at radius 1 is 1.06 bits per heavy atom. The first-order chi connectivity index (χ1) is 14.5. The molecule has 4 radical (unpaired) electrons. The van der Waals surface area contributed by atoms with Crippen LogP contribution >= 0.6 is 23.5 Å². The van der Waals surface area contributed by atoms with E-state index in [2.05, 4.69) is 23.4 Å². The Labute approximate surface area is 291 Å². The summed E-state index contributed by atoms with van der Waals surface area (Å²) in [6.07, 6.45) is -5.62. The number of nitrogens with one attached hydrogen (secondary N) is 1. The average Bonchev–Trinajstić information content (AvgIpc) is 2.85. The fraction of sp³-hybridized carbons (Fsp3) is 0.545. The smallest absolute Gasteiger partial charge is 0.387 e. The van der Waals surface area contributed by atoms with E-state index in [1.165, 1.54) is 13.0 Å². The predicted octanol–water partition coefficient (Wildman–Crippen LogP) is -3.36. The van der Waals surface area contributed by atoms with E-state index < -0.39 is 66.2 Å². The van der Waals surface area contributed by atoms with Crippen LogP contribution in [0.3, 0.4) is 0 Å². The number of phosphoric acid groups is 3. The number of ether oxygens (including phenoxy) is 1. The van der Waals surface area contributed by atoms with Crippen molar-refractivity contribution >= 4 is 153 Å². The van der Waals surface area contributed by atoms with Gasteiger partial charge in [0.2, 0.25) is 5.91 Å². The van der Waals surface area contributed by atoms with Gasteiger partial charge in [-0.15, -0.1) is 0 Å². The van der Waals surface area contributed by atoms with Gasteiger partial charge in [0.25, 0.3) is 0 Å². The summed E-state index contributed by atoms with van der Waals surface area (Å²) >= 11 is 0. The topological polar surface area (TPSA) is 273 Å². The summed E-state index contributed by atoms with van der Waals surface area (Å²) in [4.78, 5) is 62.1. The molecule has 2 unspecified atom stereocenters. The molecule has 2 heterocycles. The molecule has 36 heavy (non-hydrogen) atoms. The van der Waals surface area contributed by atoms with Gasteiger partial charge in [-0.1, -0.05) is 0 Å². The van der Waals surface area contributed by atoms with Crippen LogP contribution in [0.25, 0.3) is 0 Å². The van der Waals surface area contributed by atoms with Crippen molar-refractivity contribution in [2.24, 2.45) is 0 Å². The van der Waals surface area contributed by atoms with Gasteiger partial charge in [0.05, 0.1) is 6.61 Å². The molecule has 0 spiro atoms. The van der Waals surface area contributed by atoms with Crippen molar-refractivity contribution in [2.75, 3.05) is 11.9 Å². The van der Waals surface area contributed by atoms with Crippen LogP contribution in [0, 0.1) is 0 Å². The first kappa shape index (κ1) is 43.1.